The number of ether oxygens (including phenoxy) is 2. The zero-order chi connectivity index (χ0) is 23.9. The van der Waals surface area contributed by atoms with Crippen molar-refractivity contribution in [3.63, 3.8) is 0 Å². The minimum absolute atomic E-state index is 0.106. The van der Waals surface area contributed by atoms with Crippen LogP contribution >= 0.6 is 11.6 Å². The number of hydrogen-bond acceptors (Lipinski definition) is 5. The van der Waals surface area contributed by atoms with Crippen LogP contribution in [0.2, 0.25) is 5.02 Å². The summed E-state index contributed by atoms with van der Waals surface area (Å²) in [5.41, 5.74) is 1.83. The number of aromatic nitrogens is 3. The van der Waals surface area contributed by atoms with Crippen molar-refractivity contribution in [1.29, 1.82) is 0 Å². The van der Waals surface area contributed by atoms with Crippen molar-refractivity contribution in [3.8, 4) is 11.4 Å². The number of carboxylic acid groups (broad SMARTS) is 1. The van der Waals surface area contributed by atoms with Crippen LogP contribution in [0.4, 0.5) is 13.2 Å². The molecule has 1 N–H and O–H groups in total. The summed E-state index contributed by atoms with van der Waals surface area (Å²) < 4.78 is 53.9. The summed E-state index contributed by atoms with van der Waals surface area (Å²) in [5, 5.41) is 16.7. The molecule has 1 aliphatic heterocycles. The summed E-state index contributed by atoms with van der Waals surface area (Å²) in [6, 6.07) is 9.65. The van der Waals surface area contributed by atoms with Crippen molar-refractivity contribution in [2.75, 3.05) is 7.11 Å². The van der Waals surface area contributed by atoms with Crippen molar-refractivity contribution >= 4 is 17.6 Å². The van der Waals surface area contributed by atoms with E-state index in [4.69, 9.17) is 21.1 Å². The normalized spacial score (nSPS) is 17.8. The summed E-state index contributed by atoms with van der Waals surface area (Å²) in [4.78, 5) is 11.6. The molecule has 0 amide bonds. The van der Waals surface area contributed by atoms with Gasteiger partial charge in [0, 0.05) is 10.6 Å². The lowest BCUT2D eigenvalue weighted by molar-refractivity contribution is -0.146. The maximum atomic E-state index is 13.8. The third kappa shape index (κ3) is 4.16. The molecule has 0 radical (unpaired) electrons. The van der Waals surface area contributed by atoms with Crippen molar-refractivity contribution < 1.29 is 32.5 Å². The van der Waals surface area contributed by atoms with E-state index in [1.165, 1.54) is 25.3 Å². The number of halogens is 4. The molecule has 3 aromatic rings. The van der Waals surface area contributed by atoms with Crippen molar-refractivity contribution in [2.24, 2.45) is 0 Å². The Morgan fingerprint density at radius 3 is 2.64 bits per heavy atom. The van der Waals surface area contributed by atoms with Gasteiger partial charge in [-0.05, 0) is 41.8 Å². The lowest BCUT2D eigenvalue weighted by Crippen LogP contribution is -2.17. The summed E-state index contributed by atoms with van der Waals surface area (Å²) in [6.07, 6.45) is -7.15. The highest BCUT2D eigenvalue weighted by molar-refractivity contribution is 6.30. The van der Waals surface area contributed by atoms with Crippen LogP contribution in [0.15, 0.2) is 36.4 Å². The fourth-order valence-electron chi connectivity index (χ4n) is 4.10. The highest BCUT2D eigenvalue weighted by Gasteiger charge is 2.43. The molecule has 1 aromatic heterocycles. The largest absolute Gasteiger partial charge is 0.496 e. The first-order valence-corrected chi connectivity index (χ1v) is 10.4. The quantitative estimate of drug-likeness (QED) is 0.542. The molecular formula is C22H19ClF3N3O4. The molecule has 0 fully saturated rings. The minimum atomic E-state index is -4.83. The molecule has 2 aromatic carbocycles. The van der Waals surface area contributed by atoms with Gasteiger partial charge < -0.3 is 14.6 Å². The first kappa shape index (κ1) is 23.1. The molecule has 2 atom stereocenters. The van der Waals surface area contributed by atoms with Gasteiger partial charge in [-0.2, -0.15) is 13.2 Å². The third-order valence-electron chi connectivity index (χ3n) is 5.43. The number of rotatable bonds is 5. The number of fused-ring (bicyclic) bond motifs is 3. The van der Waals surface area contributed by atoms with Gasteiger partial charge in [0.25, 0.3) is 0 Å². The summed E-state index contributed by atoms with van der Waals surface area (Å²) >= 11 is 6.23. The molecule has 1 aliphatic rings. The van der Waals surface area contributed by atoms with Crippen LogP contribution in [0.25, 0.3) is 5.69 Å². The number of benzene rings is 2. The Labute approximate surface area is 191 Å². The molecule has 33 heavy (non-hydrogen) atoms. The van der Waals surface area contributed by atoms with E-state index in [0.29, 0.717) is 23.3 Å². The Hall–Kier alpha value is -3.11. The van der Waals surface area contributed by atoms with E-state index in [-0.39, 0.29) is 16.5 Å². The smallest absolute Gasteiger partial charge is 0.452 e. The van der Waals surface area contributed by atoms with Crippen LogP contribution < -0.4 is 4.74 Å². The summed E-state index contributed by atoms with van der Waals surface area (Å²) in [5.74, 6) is -2.21. The molecule has 11 heteroatoms. The van der Waals surface area contributed by atoms with Crippen LogP contribution in [0.1, 0.15) is 53.9 Å². The lowest BCUT2D eigenvalue weighted by Gasteiger charge is -2.25. The second-order valence-corrected chi connectivity index (χ2v) is 7.84. The van der Waals surface area contributed by atoms with Gasteiger partial charge in [0.15, 0.2) is 5.82 Å². The summed E-state index contributed by atoms with van der Waals surface area (Å²) in [7, 11) is 1.52. The standard InChI is InChI=1S/C22H19ClF3N3O4/c1-3-12-13(5-4-6-16(12)32-2)19-14-9-11(23)7-8-15(14)29-20(17(33-19)10-18(30)31)27-28-21(29)22(24,25)26/h4-9,17,19H,3,10H2,1-2H3,(H,30,31)/t17-,19-/m1/s1. The Bertz CT molecular complexity index is 1210. The van der Waals surface area contributed by atoms with Crippen LogP contribution in [-0.2, 0) is 22.1 Å². The number of methoxy groups -OCH3 is 1. The molecule has 4 rings (SSSR count). The van der Waals surface area contributed by atoms with Gasteiger partial charge in [0.05, 0.1) is 19.2 Å². The lowest BCUT2D eigenvalue weighted by atomic mass is 9.93. The van der Waals surface area contributed by atoms with Gasteiger partial charge in [-0.15, -0.1) is 10.2 Å². The molecule has 174 valence electrons. The van der Waals surface area contributed by atoms with Crippen molar-refractivity contribution in [1.82, 2.24) is 14.8 Å². The average Bonchev–Trinajstić information content (AvgIpc) is 3.16. The molecule has 7 nitrogen and oxygen atoms in total. The highest BCUT2D eigenvalue weighted by Crippen LogP contribution is 2.45. The van der Waals surface area contributed by atoms with E-state index in [0.717, 1.165) is 10.1 Å². The first-order chi connectivity index (χ1) is 15.7. The average molecular weight is 482 g/mol. The second-order valence-electron chi connectivity index (χ2n) is 7.40. The number of hydrogen-bond donors (Lipinski definition) is 1. The van der Waals surface area contributed by atoms with E-state index in [1.54, 1.807) is 18.2 Å². The molecule has 0 aliphatic carbocycles. The highest BCUT2D eigenvalue weighted by atomic mass is 35.5. The molecule has 2 heterocycles. The number of nitrogens with zero attached hydrogens (tertiary/aromatic N) is 3. The predicted octanol–water partition coefficient (Wildman–Crippen LogP) is 5.15. The van der Waals surface area contributed by atoms with Crippen molar-refractivity contribution in [2.45, 2.75) is 38.1 Å². The topological polar surface area (TPSA) is 86.5 Å². The van der Waals surface area contributed by atoms with E-state index < -0.39 is 36.6 Å². The van der Waals surface area contributed by atoms with Gasteiger partial charge in [0.1, 0.15) is 18.0 Å². The molecule has 0 bridgehead atoms. The van der Waals surface area contributed by atoms with Crippen LogP contribution in [0.5, 0.6) is 5.75 Å². The van der Waals surface area contributed by atoms with Gasteiger partial charge in [0.2, 0.25) is 5.82 Å². The Balaban J connectivity index is 2.04. The first-order valence-electron chi connectivity index (χ1n) is 10.0. The van der Waals surface area contributed by atoms with E-state index >= 15 is 0 Å². The molecule has 0 unspecified atom stereocenters. The van der Waals surface area contributed by atoms with Crippen LogP contribution in [-0.4, -0.2) is 33.0 Å². The third-order valence-corrected chi connectivity index (χ3v) is 5.66. The summed E-state index contributed by atoms with van der Waals surface area (Å²) in [6.45, 7) is 1.91. The molecular weight excluding hydrogens is 463 g/mol. The van der Waals surface area contributed by atoms with Crippen LogP contribution in [0, 0.1) is 0 Å². The number of carbonyl (C=O) groups is 1. The molecule has 0 saturated heterocycles. The van der Waals surface area contributed by atoms with Gasteiger partial charge in [-0.1, -0.05) is 30.7 Å². The van der Waals surface area contributed by atoms with Gasteiger partial charge in [-0.3, -0.25) is 9.36 Å². The number of carboxylic acids is 1. The monoisotopic (exact) mass is 481 g/mol. The molecule has 0 spiro atoms. The number of alkyl halides is 3. The second kappa shape index (κ2) is 8.68. The maximum absolute atomic E-state index is 13.8. The fraction of sp³-hybridized carbons (Fsp3) is 0.318. The van der Waals surface area contributed by atoms with E-state index in [2.05, 4.69) is 10.2 Å². The van der Waals surface area contributed by atoms with Gasteiger partial charge >= 0.3 is 12.1 Å². The van der Waals surface area contributed by atoms with Crippen molar-refractivity contribution in [3.05, 3.63) is 69.8 Å². The zero-order valence-electron chi connectivity index (χ0n) is 17.6. The molecule has 0 saturated carbocycles. The van der Waals surface area contributed by atoms with E-state index in [9.17, 15) is 23.1 Å². The zero-order valence-corrected chi connectivity index (χ0v) is 18.3. The Kier molecular flexibility index (Phi) is 6.06. The fourth-order valence-corrected chi connectivity index (χ4v) is 4.28. The Morgan fingerprint density at radius 2 is 2.00 bits per heavy atom. The van der Waals surface area contributed by atoms with Gasteiger partial charge in [-0.25, -0.2) is 0 Å². The maximum Gasteiger partial charge on any atom is 0.452 e. The predicted molar refractivity (Wildman–Crippen MR) is 112 cm³/mol. The van der Waals surface area contributed by atoms with Crippen LogP contribution in [0.3, 0.4) is 0 Å². The Morgan fingerprint density at radius 1 is 1.24 bits per heavy atom. The number of aliphatic carboxylic acids is 1. The van der Waals surface area contributed by atoms with E-state index in [1.807, 2.05) is 6.92 Å². The SMILES string of the molecule is CCc1c(OC)cccc1[C@H]1O[C@H](CC(=O)O)c2nnc(C(F)(F)F)n2-c2ccc(Cl)cc21. The minimum Gasteiger partial charge on any atom is -0.496 e.